The number of anilines is 3. The number of nitrogens with zero attached hydrogens (tertiary/aromatic N) is 3. The third-order valence-electron chi connectivity index (χ3n) is 3.78. The molecule has 0 spiro atoms. The summed E-state index contributed by atoms with van der Waals surface area (Å²) in [7, 11) is 0. The Labute approximate surface area is 163 Å². The SMILES string of the molecule is CCOc1ccc(NC(=O)c2cc(C)nc(Nc3ccc(C#N)cc3)n2)cc1. The van der Waals surface area contributed by atoms with E-state index in [9.17, 15) is 4.79 Å². The molecule has 7 nitrogen and oxygen atoms in total. The van der Waals surface area contributed by atoms with Gasteiger partial charge in [-0.1, -0.05) is 0 Å². The molecule has 0 radical (unpaired) electrons. The highest BCUT2D eigenvalue weighted by Crippen LogP contribution is 2.18. The highest BCUT2D eigenvalue weighted by atomic mass is 16.5. The maximum atomic E-state index is 12.6. The molecule has 3 rings (SSSR count). The van der Waals surface area contributed by atoms with E-state index in [-0.39, 0.29) is 11.6 Å². The summed E-state index contributed by atoms with van der Waals surface area (Å²) in [5.74, 6) is 0.714. The van der Waals surface area contributed by atoms with Crippen LogP contribution in [0.15, 0.2) is 54.6 Å². The van der Waals surface area contributed by atoms with Crippen LogP contribution in [0.1, 0.15) is 28.7 Å². The van der Waals surface area contributed by atoms with Gasteiger partial charge in [0, 0.05) is 17.1 Å². The number of nitriles is 1. The van der Waals surface area contributed by atoms with Crippen molar-refractivity contribution >= 4 is 23.2 Å². The first-order valence-corrected chi connectivity index (χ1v) is 8.74. The Balaban J connectivity index is 1.74. The Bertz CT molecular complexity index is 1010. The first-order valence-electron chi connectivity index (χ1n) is 8.74. The second kappa shape index (κ2) is 8.64. The molecule has 0 unspecified atom stereocenters. The summed E-state index contributed by atoms with van der Waals surface area (Å²) in [6, 6.07) is 17.7. The number of amides is 1. The molecule has 2 aromatic carbocycles. The third-order valence-corrected chi connectivity index (χ3v) is 3.78. The first kappa shape index (κ1) is 18.9. The van der Waals surface area contributed by atoms with Crippen molar-refractivity contribution < 1.29 is 9.53 Å². The normalized spacial score (nSPS) is 10.0. The van der Waals surface area contributed by atoms with Gasteiger partial charge in [-0.3, -0.25) is 4.79 Å². The Hall–Kier alpha value is -3.92. The van der Waals surface area contributed by atoms with Crippen LogP contribution in [0.2, 0.25) is 0 Å². The van der Waals surface area contributed by atoms with Crippen molar-refractivity contribution in [3.63, 3.8) is 0 Å². The lowest BCUT2D eigenvalue weighted by Crippen LogP contribution is -2.15. The van der Waals surface area contributed by atoms with Gasteiger partial charge in [0.05, 0.1) is 18.2 Å². The number of aromatic nitrogens is 2. The highest BCUT2D eigenvalue weighted by Gasteiger charge is 2.11. The molecule has 3 aromatic rings. The summed E-state index contributed by atoms with van der Waals surface area (Å²) < 4.78 is 5.39. The number of carbonyl (C=O) groups excluding carboxylic acids is 1. The third kappa shape index (κ3) is 4.83. The maximum absolute atomic E-state index is 12.6. The molecule has 0 aliphatic heterocycles. The van der Waals surface area contributed by atoms with Gasteiger partial charge in [-0.15, -0.1) is 0 Å². The Morgan fingerprint density at radius 1 is 1.07 bits per heavy atom. The van der Waals surface area contributed by atoms with E-state index in [4.69, 9.17) is 10.00 Å². The molecular weight excluding hydrogens is 354 g/mol. The molecule has 0 saturated carbocycles. The van der Waals surface area contributed by atoms with Gasteiger partial charge in [0.25, 0.3) is 5.91 Å². The predicted octanol–water partition coefficient (Wildman–Crippen LogP) is 4.05. The molecule has 0 aliphatic rings. The fourth-order valence-electron chi connectivity index (χ4n) is 2.49. The van der Waals surface area contributed by atoms with Crippen molar-refractivity contribution in [3.05, 3.63) is 71.5 Å². The molecule has 0 bridgehead atoms. The van der Waals surface area contributed by atoms with E-state index in [1.807, 2.05) is 6.92 Å². The van der Waals surface area contributed by atoms with Gasteiger partial charge in [-0.2, -0.15) is 5.26 Å². The molecule has 2 N–H and O–H groups in total. The van der Waals surface area contributed by atoms with Crippen LogP contribution in [0.3, 0.4) is 0 Å². The summed E-state index contributed by atoms with van der Waals surface area (Å²) in [5, 5.41) is 14.7. The van der Waals surface area contributed by atoms with Crippen LogP contribution < -0.4 is 15.4 Å². The molecular formula is C21H19N5O2. The fraction of sp³-hybridized carbons (Fsp3) is 0.143. The second-order valence-electron chi connectivity index (χ2n) is 5.94. The quantitative estimate of drug-likeness (QED) is 0.676. The minimum absolute atomic E-state index is 0.248. The number of carbonyl (C=O) groups is 1. The summed E-state index contributed by atoms with van der Waals surface area (Å²) >= 11 is 0. The molecule has 1 heterocycles. The fourth-order valence-corrected chi connectivity index (χ4v) is 2.49. The van der Waals surface area contributed by atoms with Gasteiger partial charge < -0.3 is 15.4 Å². The van der Waals surface area contributed by atoms with Gasteiger partial charge in [0.1, 0.15) is 11.4 Å². The standard InChI is InChI=1S/C21H19N5O2/c1-3-28-18-10-8-16(9-11-18)24-20(27)19-12-14(2)23-21(26-19)25-17-6-4-15(13-22)5-7-17/h4-12H,3H2,1-2H3,(H,24,27)(H,23,25,26). The zero-order chi connectivity index (χ0) is 19.9. The first-order chi connectivity index (χ1) is 13.6. The number of benzene rings is 2. The Morgan fingerprint density at radius 3 is 2.39 bits per heavy atom. The van der Waals surface area contributed by atoms with E-state index >= 15 is 0 Å². The molecule has 0 atom stereocenters. The average Bonchev–Trinajstić information content (AvgIpc) is 2.70. The lowest BCUT2D eigenvalue weighted by atomic mass is 10.2. The molecule has 0 fully saturated rings. The van der Waals surface area contributed by atoms with Crippen LogP contribution in [0.4, 0.5) is 17.3 Å². The minimum atomic E-state index is -0.336. The lowest BCUT2D eigenvalue weighted by Gasteiger charge is -2.09. The monoisotopic (exact) mass is 373 g/mol. The largest absolute Gasteiger partial charge is 0.494 e. The van der Waals surface area contributed by atoms with Crippen LogP contribution in [0.5, 0.6) is 5.75 Å². The van der Waals surface area contributed by atoms with Crippen molar-refractivity contribution in [2.24, 2.45) is 0 Å². The second-order valence-corrected chi connectivity index (χ2v) is 5.94. The van der Waals surface area contributed by atoms with Crippen LogP contribution in [0.25, 0.3) is 0 Å². The van der Waals surface area contributed by atoms with Crippen LogP contribution in [0, 0.1) is 18.3 Å². The molecule has 1 amide bonds. The van der Waals surface area contributed by atoms with Crippen molar-refractivity contribution in [1.29, 1.82) is 5.26 Å². The number of nitrogens with one attached hydrogen (secondary N) is 2. The summed E-state index contributed by atoms with van der Waals surface area (Å²) in [5.41, 5.74) is 2.83. The van der Waals surface area contributed by atoms with E-state index in [2.05, 4.69) is 26.7 Å². The van der Waals surface area contributed by atoms with Crippen molar-refractivity contribution in [2.45, 2.75) is 13.8 Å². The minimum Gasteiger partial charge on any atom is -0.494 e. The van der Waals surface area contributed by atoms with E-state index in [0.717, 1.165) is 11.4 Å². The number of hydrogen-bond donors (Lipinski definition) is 2. The van der Waals surface area contributed by atoms with Crippen LogP contribution in [-0.2, 0) is 0 Å². The lowest BCUT2D eigenvalue weighted by molar-refractivity contribution is 0.102. The molecule has 7 heteroatoms. The van der Waals surface area contributed by atoms with E-state index < -0.39 is 0 Å². The number of aryl methyl sites for hydroxylation is 1. The summed E-state index contributed by atoms with van der Waals surface area (Å²) in [6.45, 7) is 4.29. The van der Waals surface area contributed by atoms with E-state index in [1.165, 1.54) is 0 Å². The zero-order valence-electron chi connectivity index (χ0n) is 15.6. The van der Waals surface area contributed by atoms with Crippen molar-refractivity contribution in [2.75, 3.05) is 17.2 Å². The van der Waals surface area contributed by atoms with Crippen molar-refractivity contribution in [3.8, 4) is 11.8 Å². The van der Waals surface area contributed by atoms with Gasteiger partial charge in [-0.05, 0) is 68.4 Å². The van der Waals surface area contributed by atoms with Gasteiger partial charge in [-0.25, -0.2) is 9.97 Å². The molecule has 1 aromatic heterocycles. The van der Waals surface area contributed by atoms with Crippen LogP contribution in [-0.4, -0.2) is 22.5 Å². The van der Waals surface area contributed by atoms with Crippen molar-refractivity contribution in [1.82, 2.24) is 9.97 Å². The Morgan fingerprint density at radius 2 is 1.75 bits per heavy atom. The average molecular weight is 373 g/mol. The smallest absolute Gasteiger partial charge is 0.274 e. The van der Waals surface area contributed by atoms with Crippen LogP contribution >= 0.6 is 0 Å². The van der Waals surface area contributed by atoms with Gasteiger partial charge in [0.2, 0.25) is 5.95 Å². The number of hydrogen-bond acceptors (Lipinski definition) is 6. The summed E-state index contributed by atoms with van der Waals surface area (Å²) in [4.78, 5) is 21.2. The van der Waals surface area contributed by atoms with E-state index in [0.29, 0.717) is 29.5 Å². The predicted molar refractivity (Wildman–Crippen MR) is 107 cm³/mol. The Kier molecular flexibility index (Phi) is 5.82. The van der Waals surface area contributed by atoms with Gasteiger partial charge in [0.15, 0.2) is 0 Å². The molecule has 28 heavy (non-hydrogen) atoms. The maximum Gasteiger partial charge on any atom is 0.274 e. The summed E-state index contributed by atoms with van der Waals surface area (Å²) in [6.07, 6.45) is 0. The molecule has 0 saturated heterocycles. The highest BCUT2D eigenvalue weighted by molar-refractivity contribution is 6.03. The molecule has 0 aliphatic carbocycles. The number of rotatable bonds is 6. The topological polar surface area (TPSA) is 99.9 Å². The number of ether oxygens (including phenoxy) is 1. The van der Waals surface area contributed by atoms with Gasteiger partial charge >= 0.3 is 0 Å². The zero-order valence-corrected chi connectivity index (χ0v) is 15.6. The van der Waals surface area contributed by atoms with E-state index in [1.54, 1.807) is 61.5 Å². The molecule has 140 valence electrons.